The predicted octanol–water partition coefficient (Wildman–Crippen LogP) is 2.07. The summed E-state index contributed by atoms with van der Waals surface area (Å²) in [5.74, 6) is -0.271. The highest BCUT2D eigenvalue weighted by Gasteiger charge is 2.31. The molecule has 4 N–H and O–H groups in total. The fraction of sp³-hybridized carbons (Fsp3) is 0.471. The predicted molar refractivity (Wildman–Crippen MR) is 92.7 cm³/mol. The Morgan fingerprint density at radius 1 is 1.08 bits per heavy atom. The van der Waals surface area contributed by atoms with Gasteiger partial charge in [0.05, 0.1) is 0 Å². The second-order valence-electron chi connectivity index (χ2n) is 6.00. The van der Waals surface area contributed by atoms with Crippen LogP contribution in [0.3, 0.4) is 0 Å². The number of hydrogen-bond donors (Lipinski definition) is 4. The van der Waals surface area contributed by atoms with E-state index in [1.807, 2.05) is 0 Å². The summed E-state index contributed by atoms with van der Waals surface area (Å²) in [6, 6.07) is 6.02. The molecule has 0 bridgehead atoms. The Balaban J connectivity index is 2.06. The van der Waals surface area contributed by atoms with Gasteiger partial charge >= 0.3 is 6.03 Å². The number of anilines is 2. The van der Waals surface area contributed by atoms with Crippen LogP contribution < -0.4 is 21.3 Å². The number of carbonyl (C=O) groups excluding carboxylic acids is 3. The maximum absolute atomic E-state index is 12.6. The van der Waals surface area contributed by atoms with Crippen LogP contribution in [0, 0.1) is 5.92 Å². The molecule has 7 nitrogen and oxygen atoms in total. The molecule has 0 aliphatic heterocycles. The molecule has 1 fully saturated rings. The molecule has 24 heavy (non-hydrogen) atoms. The summed E-state index contributed by atoms with van der Waals surface area (Å²) in [4.78, 5) is 35.4. The first kappa shape index (κ1) is 17.8. The highest BCUT2D eigenvalue weighted by molar-refractivity contribution is 5.98. The molecule has 0 radical (unpaired) electrons. The normalized spacial score (nSPS) is 15.4. The van der Waals surface area contributed by atoms with Crippen molar-refractivity contribution in [2.24, 2.45) is 5.92 Å². The summed E-state index contributed by atoms with van der Waals surface area (Å²) in [7, 11) is 1.53. The number of rotatable bonds is 5. The van der Waals surface area contributed by atoms with Gasteiger partial charge in [0.25, 0.3) is 0 Å². The maximum atomic E-state index is 12.6. The Morgan fingerprint density at radius 2 is 1.71 bits per heavy atom. The molecule has 7 heteroatoms. The monoisotopic (exact) mass is 332 g/mol. The zero-order chi connectivity index (χ0) is 17.5. The third-order valence-electron chi connectivity index (χ3n) is 4.13. The minimum Gasteiger partial charge on any atom is -0.344 e. The summed E-state index contributed by atoms with van der Waals surface area (Å²) in [6.07, 6.45) is 4.05. The van der Waals surface area contributed by atoms with Crippen LogP contribution in [-0.4, -0.2) is 30.9 Å². The van der Waals surface area contributed by atoms with Gasteiger partial charge in [0.2, 0.25) is 11.8 Å². The first-order chi connectivity index (χ1) is 11.5. The van der Waals surface area contributed by atoms with Crippen molar-refractivity contribution in [3.05, 3.63) is 24.3 Å². The minimum atomic E-state index is -0.527. The Bertz CT molecular complexity index is 612. The molecule has 1 aliphatic rings. The molecule has 1 saturated carbocycles. The molecule has 130 valence electrons. The van der Waals surface area contributed by atoms with Crippen molar-refractivity contribution >= 4 is 29.2 Å². The number of carbonyl (C=O) groups is 3. The average Bonchev–Trinajstić information content (AvgIpc) is 3.06. The molecular weight excluding hydrogens is 308 g/mol. The van der Waals surface area contributed by atoms with Crippen molar-refractivity contribution in [1.29, 1.82) is 0 Å². The topological polar surface area (TPSA) is 99.3 Å². The Hall–Kier alpha value is -2.57. The van der Waals surface area contributed by atoms with E-state index in [1.165, 1.54) is 14.0 Å². The van der Waals surface area contributed by atoms with Gasteiger partial charge in [0, 0.05) is 25.3 Å². The Kier molecular flexibility index (Phi) is 6.17. The third-order valence-corrected chi connectivity index (χ3v) is 4.13. The highest BCUT2D eigenvalue weighted by Crippen LogP contribution is 2.28. The van der Waals surface area contributed by atoms with Gasteiger partial charge in [-0.3, -0.25) is 9.59 Å². The van der Waals surface area contributed by atoms with Gasteiger partial charge in [0.1, 0.15) is 6.04 Å². The van der Waals surface area contributed by atoms with Crippen molar-refractivity contribution in [1.82, 2.24) is 10.6 Å². The lowest BCUT2D eigenvalue weighted by Crippen LogP contribution is -2.47. The van der Waals surface area contributed by atoms with Crippen LogP contribution in [0.25, 0.3) is 0 Å². The van der Waals surface area contributed by atoms with Gasteiger partial charge < -0.3 is 21.3 Å². The zero-order valence-electron chi connectivity index (χ0n) is 14.0. The second kappa shape index (κ2) is 8.33. The fourth-order valence-electron chi connectivity index (χ4n) is 3.00. The van der Waals surface area contributed by atoms with E-state index in [0.29, 0.717) is 11.4 Å². The lowest BCUT2D eigenvalue weighted by Gasteiger charge is -2.23. The van der Waals surface area contributed by atoms with E-state index in [-0.39, 0.29) is 23.8 Å². The summed E-state index contributed by atoms with van der Waals surface area (Å²) in [5.41, 5.74) is 1.14. The average molecular weight is 332 g/mol. The van der Waals surface area contributed by atoms with E-state index >= 15 is 0 Å². The van der Waals surface area contributed by atoms with Gasteiger partial charge in [0.15, 0.2) is 0 Å². The smallest absolute Gasteiger partial charge is 0.318 e. The first-order valence-corrected chi connectivity index (χ1v) is 8.16. The van der Waals surface area contributed by atoms with Gasteiger partial charge in [-0.1, -0.05) is 18.9 Å². The van der Waals surface area contributed by atoms with E-state index in [0.717, 1.165) is 25.7 Å². The van der Waals surface area contributed by atoms with Gasteiger partial charge in [-0.05, 0) is 37.0 Å². The van der Waals surface area contributed by atoms with Crippen molar-refractivity contribution in [3.8, 4) is 0 Å². The highest BCUT2D eigenvalue weighted by atomic mass is 16.2. The van der Waals surface area contributed by atoms with E-state index in [4.69, 9.17) is 0 Å². The van der Waals surface area contributed by atoms with E-state index < -0.39 is 6.04 Å². The lowest BCUT2D eigenvalue weighted by molar-refractivity contribution is -0.126. The fourth-order valence-corrected chi connectivity index (χ4v) is 3.00. The van der Waals surface area contributed by atoms with Crippen LogP contribution in [0.5, 0.6) is 0 Å². The molecule has 0 spiro atoms. The minimum absolute atomic E-state index is 0.168. The number of benzene rings is 1. The number of nitrogens with one attached hydrogen (secondary N) is 4. The molecular formula is C17H24N4O3. The molecule has 0 heterocycles. The second-order valence-corrected chi connectivity index (χ2v) is 6.00. The molecule has 1 aromatic rings. The Labute approximate surface area is 141 Å². The first-order valence-electron chi connectivity index (χ1n) is 8.16. The molecule has 2 rings (SSSR count). The molecule has 1 aromatic carbocycles. The van der Waals surface area contributed by atoms with E-state index in [1.54, 1.807) is 24.3 Å². The Morgan fingerprint density at radius 3 is 2.29 bits per heavy atom. The van der Waals surface area contributed by atoms with Gasteiger partial charge in [-0.15, -0.1) is 0 Å². The van der Waals surface area contributed by atoms with Crippen LogP contribution in [0.4, 0.5) is 16.2 Å². The zero-order valence-corrected chi connectivity index (χ0v) is 14.0. The van der Waals surface area contributed by atoms with Crippen molar-refractivity contribution < 1.29 is 14.4 Å². The maximum Gasteiger partial charge on any atom is 0.318 e. The standard InChI is InChI=1S/C17H24N4O3/c1-11(22)19-15(12-6-3-4-7-12)16(23)20-13-8-5-9-14(10-13)21-17(24)18-2/h5,8-10,12,15H,3-4,6-7H2,1-2H3,(H,19,22)(H,20,23)(H2,18,21,24). The van der Waals surface area contributed by atoms with Crippen molar-refractivity contribution in [2.75, 3.05) is 17.7 Å². The molecule has 1 aliphatic carbocycles. The van der Waals surface area contributed by atoms with Crippen LogP contribution in [0.15, 0.2) is 24.3 Å². The number of urea groups is 1. The molecule has 1 atom stereocenters. The lowest BCUT2D eigenvalue weighted by atomic mass is 9.97. The summed E-state index contributed by atoms with van der Waals surface area (Å²) < 4.78 is 0. The van der Waals surface area contributed by atoms with Crippen LogP contribution in [0.1, 0.15) is 32.6 Å². The van der Waals surface area contributed by atoms with Crippen LogP contribution >= 0.6 is 0 Å². The number of hydrogen-bond acceptors (Lipinski definition) is 3. The molecule has 1 unspecified atom stereocenters. The van der Waals surface area contributed by atoms with E-state index in [2.05, 4.69) is 21.3 Å². The molecule has 0 saturated heterocycles. The molecule has 0 aromatic heterocycles. The van der Waals surface area contributed by atoms with Crippen LogP contribution in [-0.2, 0) is 9.59 Å². The third kappa shape index (κ3) is 4.97. The van der Waals surface area contributed by atoms with E-state index in [9.17, 15) is 14.4 Å². The van der Waals surface area contributed by atoms with Gasteiger partial charge in [-0.25, -0.2) is 4.79 Å². The van der Waals surface area contributed by atoms with Gasteiger partial charge in [-0.2, -0.15) is 0 Å². The van der Waals surface area contributed by atoms with Crippen molar-refractivity contribution in [2.45, 2.75) is 38.6 Å². The molecule has 4 amide bonds. The summed E-state index contributed by atoms with van der Waals surface area (Å²) >= 11 is 0. The summed E-state index contributed by atoms with van der Waals surface area (Å²) in [6.45, 7) is 1.42. The quantitative estimate of drug-likeness (QED) is 0.664. The summed E-state index contributed by atoms with van der Waals surface area (Å²) in [5, 5.41) is 10.7. The van der Waals surface area contributed by atoms with Crippen LogP contribution in [0.2, 0.25) is 0 Å². The largest absolute Gasteiger partial charge is 0.344 e. The van der Waals surface area contributed by atoms with Crippen molar-refractivity contribution in [3.63, 3.8) is 0 Å². The SMILES string of the molecule is CNC(=O)Nc1cccc(NC(=O)C(NC(C)=O)C2CCCC2)c1. The number of amides is 4.